The number of nitrogens with one attached hydrogen (secondary N) is 1. The first-order valence-corrected chi connectivity index (χ1v) is 9.86. The Morgan fingerprint density at radius 3 is 2.74 bits per heavy atom. The van der Waals surface area contributed by atoms with E-state index in [-0.39, 0.29) is 23.9 Å². The molecule has 0 saturated carbocycles. The van der Waals surface area contributed by atoms with Gasteiger partial charge in [0.1, 0.15) is 6.04 Å². The summed E-state index contributed by atoms with van der Waals surface area (Å²) in [6.07, 6.45) is 4.89. The van der Waals surface area contributed by atoms with Crippen molar-refractivity contribution in [1.82, 2.24) is 10.2 Å². The average Bonchev–Trinajstić information content (AvgIpc) is 3.15. The minimum atomic E-state index is -0.368. The maximum atomic E-state index is 12.6. The van der Waals surface area contributed by atoms with Crippen molar-refractivity contribution in [2.45, 2.75) is 65.0 Å². The van der Waals surface area contributed by atoms with Crippen LogP contribution in [0.4, 0.5) is 0 Å². The van der Waals surface area contributed by atoms with Crippen LogP contribution < -0.4 is 14.8 Å². The van der Waals surface area contributed by atoms with Gasteiger partial charge in [0.15, 0.2) is 11.5 Å². The molecule has 1 fully saturated rings. The van der Waals surface area contributed by atoms with E-state index in [4.69, 9.17) is 9.47 Å². The molecule has 0 aromatic heterocycles. The van der Waals surface area contributed by atoms with Crippen LogP contribution in [0.3, 0.4) is 0 Å². The molecule has 1 saturated heterocycles. The topological polar surface area (TPSA) is 67.9 Å². The predicted molar refractivity (Wildman–Crippen MR) is 105 cm³/mol. The first-order valence-electron chi connectivity index (χ1n) is 9.86. The van der Waals surface area contributed by atoms with E-state index in [1.165, 1.54) is 6.92 Å². The van der Waals surface area contributed by atoms with Gasteiger partial charge in [-0.3, -0.25) is 9.59 Å². The fraction of sp³-hybridized carbons (Fsp3) is 0.619. The molecule has 27 heavy (non-hydrogen) atoms. The third-order valence-electron chi connectivity index (χ3n) is 5.01. The number of amides is 2. The monoisotopic (exact) mass is 376 g/mol. The lowest BCUT2D eigenvalue weighted by Gasteiger charge is -2.25. The van der Waals surface area contributed by atoms with Gasteiger partial charge in [0, 0.05) is 13.5 Å². The number of carbonyl (C=O) groups is 2. The highest BCUT2D eigenvalue weighted by Gasteiger charge is 2.32. The molecule has 1 aliphatic rings. The van der Waals surface area contributed by atoms with Crippen molar-refractivity contribution in [2.24, 2.45) is 0 Å². The average molecular weight is 376 g/mol. The molecule has 6 nitrogen and oxygen atoms in total. The Hall–Kier alpha value is -2.24. The third-order valence-corrected chi connectivity index (χ3v) is 5.01. The molecular weight excluding hydrogens is 344 g/mol. The third kappa shape index (κ3) is 5.62. The summed E-state index contributed by atoms with van der Waals surface area (Å²) >= 11 is 0. The van der Waals surface area contributed by atoms with Crippen LogP contribution in [-0.2, 0) is 9.59 Å². The van der Waals surface area contributed by atoms with Crippen molar-refractivity contribution in [2.75, 3.05) is 20.3 Å². The van der Waals surface area contributed by atoms with E-state index in [2.05, 4.69) is 12.2 Å². The number of methoxy groups -OCH3 is 1. The second-order valence-electron chi connectivity index (χ2n) is 7.07. The van der Waals surface area contributed by atoms with E-state index in [0.29, 0.717) is 25.3 Å². The lowest BCUT2D eigenvalue weighted by Crippen LogP contribution is -2.45. The summed E-state index contributed by atoms with van der Waals surface area (Å²) < 4.78 is 11.3. The molecule has 1 aliphatic heterocycles. The summed E-state index contributed by atoms with van der Waals surface area (Å²) in [5, 5.41) is 3.02. The number of unbranched alkanes of at least 4 members (excludes halogenated alkanes) is 2. The Bertz CT molecular complexity index is 647. The number of nitrogens with zero attached hydrogens (tertiary/aromatic N) is 1. The maximum absolute atomic E-state index is 12.6. The number of ether oxygens (including phenoxy) is 2. The first-order chi connectivity index (χ1) is 13.0. The molecule has 150 valence electrons. The van der Waals surface area contributed by atoms with E-state index >= 15 is 0 Å². The molecular formula is C21H32N2O4. The van der Waals surface area contributed by atoms with Gasteiger partial charge in [0.05, 0.1) is 19.8 Å². The van der Waals surface area contributed by atoms with Gasteiger partial charge in [0.25, 0.3) is 0 Å². The number of benzene rings is 1. The molecule has 2 amide bonds. The molecule has 1 aromatic rings. The van der Waals surface area contributed by atoms with Crippen molar-refractivity contribution in [3.05, 3.63) is 23.8 Å². The largest absolute Gasteiger partial charge is 0.493 e. The second-order valence-corrected chi connectivity index (χ2v) is 7.07. The minimum absolute atomic E-state index is 0.0495. The van der Waals surface area contributed by atoms with Gasteiger partial charge in [-0.1, -0.05) is 25.8 Å². The Kier molecular flexibility index (Phi) is 7.95. The summed E-state index contributed by atoms with van der Waals surface area (Å²) in [4.78, 5) is 25.9. The molecule has 1 N–H and O–H groups in total. The SMILES string of the molecule is CCCCCOc1ccc(C(C)NC(=O)C2CCCN2C(C)=O)cc1OC. The van der Waals surface area contributed by atoms with E-state index < -0.39 is 0 Å². The summed E-state index contributed by atoms with van der Waals surface area (Å²) in [5.74, 6) is 1.23. The standard InChI is InChI=1S/C21H32N2O4/c1-5-6-7-13-27-19-11-10-17(14-20(19)26-4)15(2)22-21(25)18-9-8-12-23(18)16(3)24/h10-11,14-15,18H,5-9,12-13H2,1-4H3,(H,22,25). The Labute approximate surface area is 162 Å². The van der Waals surface area contributed by atoms with Crippen molar-refractivity contribution in [3.63, 3.8) is 0 Å². The van der Waals surface area contributed by atoms with Gasteiger partial charge in [-0.05, 0) is 43.9 Å². The van der Waals surface area contributed by atoms with Crippen molar-refractivity contribution >= 4 is 11.8 Å². The Morgan fingerprint density at radius 2 is 2.07 bits per heavy atom. The minimum Gasteiger partial charge on any atom is -0.493 e. The van der Waals surface area contributed by atoms with Crippen molar-refractivity contribution in [1.29, 1.82) is 0 Å². The normalized spacial score (nSPS) is 17.5. The van der Waals surface area contributed by atoms with E-state index in [0.717, 1.165) is 37.0 Å². The van der Waals surface area contributed by atoms with Gasteiger partial charge in [-0.15, -0.1) is 0 Å². The van der Waals surface area contributed by atoms with E-state index in [1.54, 1.807) is 12.0 Å². The Balaban J connectivity index is 2.00. The predicted octanol–water partition coefficient (Wildman–Crippen LogP) is 3.45. The molecule has 0 aliphatic carbocycles. The number of rotatable bonds is 9. The number of carbonyl (C=O) groups excluding carboxylic acids is 2. The van der Waals surface area contributed by atoms with Gasteiger partial charge in [-0.2, -0.15) is 0 Å². The highest BCUT2D eigenvalue weighted by atomic mass is 16.5. The first kappa shape index (κ1) is 21.1. The smallest absolute Gasteiger partial charge is 0.243 e. The fourth-order valence-corrected chi connectivity index (χ4v) is 3.42. The van der Waals surface area contributed by atoms with Crippen LogP contribution in [-0.4, -0.2) is 43.0 Å². The van der Waals surface area contributed by atoms with Gasteiger partial charge in [0.2, 0.25) is 11.8 Å². The number of likely N-dealkylation sites (tertiary alicyclic amines) is 1. The summed E-state index contributed by atoms with van der Waals surface area (Å²) in [7, 11) is 1.62. The Morgan fingerprint density at radius 1 is 1.30 bits per heavy atom. The van der Waals surface area contributed by atoms with Crippen LogP contribution in [0, 0.1) is 0 Å². The molecule has 1 heterocycles. The molecule has 1 aromatic carbocycles. The molecule has 0 spiro atoms. The summed E-state index contributed by atoms with van der Waals surface area (Å²) in [6, 6.07) is 5.18. The molecule has 0 bridgehead atoms. The maximum Gasteiger partial charge on any atom is 0.243 e. The van der Waals surface area contributed by atoms with E-state index in [1.807, 2.05) is 25.1 Å². The molecule has 2 rings (SSSR count). The van der Waals surface area contributed by atoms with Crippen molar-refractivity contribution in [3.8, 4) is 11.5 Å². The zero-order valence-electron chi connectivity index (χ0n) is 16.9. The van der Waals surface area contributed by atoms with Crippen LogP contribution in [0.15, 0.2) is 18.2 Å². The molecule has 0 radical (unpaired) electrons. The van der Waals surface area contributed by atoms with Gasteiger partial charge < -0.3 is 19.7 Å². The van der Waals surface area contributed by atoms with Crippen LogP contribution in [0.25, 0.3) is 0 Å². The van der Waals surface area contributed by atoms with E-state index in [9.17, 15) is 9.59 Å². The van der Waals surface area contributed by atoms with Gasteiger partial charge >= 0.3 is 0 Å². The fourth-order valence-electron chi connectivity index (χ4n) is 3.42. The lowest BCUT2D eigenvalue weighted by atomic mass is 10.1. The zero-order chi connectivity index (χ0) is 19.8. The molecule has 2 atom stereocenters. The highest BCUT2D eigenvalue weighted by Crippen LogP contribution is 2.31. The molecule has 2 unspecified atom stereocenters. The molecule has 6 heteroatoms. The second kappa shape index (κ2) is 10.2. The highest BCUT2D eigenvalue weighted by molar-refractivity contribution is 5.87. The quantitative estimate of drug-likeness (QED) is 0.670. The summed E-state index contributed by atoms with van der Waals surface area (Å²) in [5.41, 5.74) is 0.938. The zero-order valence-corrected chi connectivity index (χ0v) is 16.9. The van der Waals surface area contributed by atoms with Crippen LogP contribution >= 0.6 is 0 Å². The number of hydrogen-bond acceptors (Lipinski definition) is 4. The lowest BCUT2D eigenvalue weighted by molar-refractivity contribution is -0.137. The van der Waals surface area contributed by atoms with Crippen LogP contribution in [0.1, 0.15) is 64.5 Å². The summed E-state index contributed by atoms with van der Waals surface area (Å²) in [6.45, 7) is 6.92. The number of hydrogen-bond donors (Lipinski definition) is 1. The van der Waals surface area contributed by atoms with Crippen LogP contribution in [0.5, 0.6) is 11.5 Å². The van der Waals surface area contributed by atoms with Gasteiger partial charge in [-0.25, -0.2) is 0 Å². The van der Waals surface area contributed by atoms with Crippen molar-refractivity contribution < 1.29 is 19.1 Å². The van der Waals surface area contributed by atoms with Crippen LogP contribution in [0.2, 0.25) is 0 Å².